The van der Waals surface area contributed by atoms with Crippen LogP contribution in [0.1, 0.15) is 20.7 Å². The van der Waals surface area contributed by atoms with E-state index >= 15 is 0 Å². The fourth-order valence-corrected chi connectivity index (χ4v) is 4.06. The van der Waals surface area contributed by atoms with Crippen molar-refractivity contribution in [2.24, 2.45) is 0 Å². The molecular formula is C24H14O4. The third-order valence-corrected chi connectivity index (χ3v) is 5.28. The largest absolute Gasteiger partial charge is 0.478 e. The van der Waals surface area contributed by atoms with Crippen molar-refractivity contribution in [3.05, 3.63) is 83.9 Å². The van der Waals surface area contributed by atoms with Crippen LogP contribution in [-0.4, -0.2) is 22.2 Å². The molecule has 134 valence electrons. The minimum Gasteiger partial charge on any atom is -0.478 e. The van der Waals surface area contributed by atoms with Crippen LogP contribution in [0.4, 0.5) is 0 Å². The van der Waals surface area contributed by atoms with E-state index in [1.54, 1.807) is 24.3 Å². The molecule has 5 rings (SSSR count). The molecule has 0 heterocycles. The molecule has 0 aromatic heterocycles. The molecule has 5 aromatic carbocycles. The first-order valence-corrected chi connectivity index (χ1v) is 8.82. The van der Waals surface area contributed by atoms with Crippen molar-refractivity contribution in [3.63, 3.8) is 0 Å². The number of hydrogen-bond acceptors (Lipinski definition) is 2. The summed E-state index contributed by atoms with van der Waals surface area (Å²) in [5, 5.41) is 25.2. The molecule has 4 nitrogen and oxygen atoms in total. The van der Waals surface area contributed by atoms with Crippen molar-refractivity contribution >= 4 is 55.0 Å². The van der Waals surface area contributed by atoms with Gasteiger partial charge >= 0.3 is 11.9 Å². The van der Waals surface area contributed by atoms with Gasteiger partial charge in [0.1, 0.15) is 0 Å². The smallest absolute Gasteiger partial charge is 0.336 e. The predicted molar refractivity (Wildman–Crippen MR) is 110 cm³/mol. The summed E-state index contributed by atoms with van der Waals surface area (Å²) < 4.78 is 0. The SMILES string of the molecule is O=C(O)c1c2cc3ccccc3cc2c(C(=O)O)c2cc3ccccc3cc12. The molecule has 0 saturated carbocycles. The van der Waals surface area contributed by atoms with Crippen LogP contribution >= 0.6 is 0 Å². The summed E-state index contributed by atoms with van der Waals surface area (Å²) in [6.07, 6.45) is 0. The molecule has 0 aliphatic heterocycles. The Morgan fingerprint density at radius 3 is 0.964 bits per heavy atom. The van der Waals surface area contributed by atoms with Gasteiger partial charge < -0.3 is 10.2 Å². The Labute approximate surface area is 159 Å². The second-order valence-corrected chi connectivity index (χ2v) is 6.85. The highest BCUT2D eigenvalue weighted by atomic mass is 16.4. The van der Waals surface area contributed by atoms with Crippen molar-refractivity contribution in [2.75, 3.05) is 0 Å². The van der Waals surface area contributed by atoms with Crippen LogP contribution in [0.3, 0.4) is 0 Å². The van der Waals surface area contributed by atoms with Gasteiger partial charge in [-0.3, -0.25) is 0 Å². The molecule has 0 unspecified atom stereocenters. The zero-order valence-electron chi connectivity index (χ0n) is 14.6. The van der Waals surface area contributed by atoms with Crippen molar-refractivity contribution in [2.45, 2.75) is 0 Å². The monoisotopic (exact) mass is 366 g/mol. The van der Waals surface area contributed by atoms with Gasteiger partial charge in [-0.25, -0.2) is 9.59 Å². The summed E-state index contributed by atoms with van der Waals surface area (Å²) in [5.74, 6) is -2.14. The molecule has 0 radical (unpaired) electrons. The highest BCUT2D eigenvalue weighted by Gasteiger charge is 2.22. The van der Waals surface area contributed by atoms with Crippen LogP contribution < -0.4 is 0 Å². The molecule has 0 saturated heterocycles. The van der Waals surface area contributed by atoms with Gasteiger partial charge in [0.05, 0.1) is 11.1 Å². The quantitative estimate of drug-likeness (QED) is 0.393. The molecule has 0 aliphatic carbocycles. The van der Waals surface area contributed by atoms with E-state index in [0.29, 0.717) is 21.5 Å². The summed E-state index contributed by atoms with van der Waals surface area (Å²) in [7, 11) is 0. The van der Waals surface area contributed by atoms with Crippen molar-refractivity contribution < 1.29 is 19.8 Å². The first kappa shape index (κ1) is 16.3. The number of carbonyl (C=O) groups is 2. The molecule has 0 bridgehead atoms. The van der Waals surface area contributed by atoms with Gasteiger partial charge in [0.15, 0.2) is 0 Å². The third kappa shape index (κ3) is 2.25. The number of rotatable bonds is 2. The zero-order valence-corrected chi connectivity index (χ0v) is 14.6. The van der Waals surface area contributed by atoms with Crippen LogP contribution in [0.2, 0.25) is 0 Å². The Balaban J connectivity index is 2.13. The van der Waals surface area contributed by atoms with Gasteiger partial charge in [0.2, 0.25) is 0 Å². The predicted octanol–water partition coefficient (Wildman–Crippen LogP) is 5.70. The summed E-state index contributed by atoms with van der Waals surface area (Å²) in [4.78, 5) is 24.5. The number of aromatic carboxylic acids is 2. The summed E-state index contributed by atoms with van der Waals surface area (Å²) in [6.45, 7) is 0. The lowest BCUT2D eigenvalue weighted by molar-refractivity contribution is 0.0687. The molecule has 0 amide bonds. The molecule has 0 spiro atoms. The number of fused-ring (bicyclic) bond motifs is 4. The summed E-state index contributed by atoms with van der Waals surface area (Å²) in [6, 6.07) is 22.2. The lowest BCUT2D eigenvalue weighted by atomic mass is 9.88. The van der Waals surface area contributed by atoms with Gasteiger partial charge in [-0.2, -0.15) is 0 Å². The van der Waals surface area contributed by atoms with Crippen LogP contribution in [0, 0.1) is 0 Å². The minimum atomic E-state index is -1.07. The maximum atomic E-state index is 12.2. The van der Waals surface area contributed by atoms with Gasteiger partial charge in [-0.1, -0.05) is 48.5 Å². The normalized spacial score (nSPS) is 11.4. The number of carboxylic acids is 2. The molecule has 4 heteroatoms. The lowest BCUT2D eigenvalue weighted by Gasteiger charge is -2.14. The van der Waals surface area contributed by atoms with Crippen molar-refractivity contribution in [1.82, 2.24) is 0 Å². The number of hydrogen-bond donors (Lipinski definition) is 2. The van der Waals surface area contributed by atoms with Crippen LogP contribution in [0.25, 0.3) is 43.1 Å². The van der Waals surface area contributed by atoms with E-state index in [-0.39, 0.29) is 11.1 Å². The molecule has 2 N–H and O–H groups in total. The summed E-state index contributed by atoms with van der Waals surface area (Å²) in [5.41, 5.74) is 0.262. The second kappa shape index (κ2) is 5.79. The highest BCUT2D eigenvalue weighted by molar-refractivity contribution is 6.27. The van der Waals surface area contributed by atoms with Crippen LogP contribution in [-0.2, 0) is 0 Å². The maximum absolute atomic E-state index is 12.2. The van der Waals surface area contributed by atoms with Gasteiger partial charge in [0, 0.05) is 0 Å². The van der Waals surface area contributed by atoms with Crippen molar-refractivity contribution in [3.8, 4) is 0 Å². The Kier molecular flexibility index (Phi) is 3.36. The molecule has 0 aliphatic rings. The fourth-order valence-electron chi connectivity index (χ4n) is 4.06. The molecular weight excluding hydrogens is 352 g/mol. The van der Waals surface area contributed by atoms with Crippen LogP contribution in [0.15, 0.2) is 72.8 Å². The number of benzene rings is 5. The average Bonchev–Trinajstić information content (AvgIpc) is 2.68. The van der Waals surface area contributed by atoms with Gasteiger partial charge in [-0.15, -0.1) is 0 Å². The molecule has 28 heavy (non-hydrogen) atoms. The first-order chi connectivity index (χ1) is 13.5. The average molecular weight is 366 g/mol. The number of carboxylic acid groups (broad SMARTS) is 2. The lowest BCUT2D eigenvalue weighted by Crippen LogP contribution is -2.06. The van der Waals surface area contributed by atoms with E-state index in [4.69, 9.17) is 0 Å². The van der Waals surface area contributed by atoms with Gasteiger partial charge in [0.25, 0.3) is 0 Å². The first-order valence-electron chi connectivity index (χ1n) is 8.82. The van der Waals surface area contributed by atoms with Gasteiger partial charge in [-0.05, 0) is 67.4 Å². The van der Waals surface area contributed by atoms with E-state index in [2.05, 4.69) is 0 Å². The minimum absolute atomic E-state index is 0.131. The van der Waals surface area contributed by atoms with E-state index in [1.807, 2.05) is 48.5 Å². The van der Waals surface area contributed by atoms with E-state index < -0.39 is 11.9 Å². The second-order valence-electron chi connectivity index (χ2n) is 6.85. The Morgan fingerprint density at radius 1 is 0.500 bits per heavy atom. The van der Waals surface area contributed by atoms with Crippen LogP contribution in [0.5, 0.6) is 0 Å². The Morgan fingerprint density at radius 2 is 0.750 bits per heavy atom. The molecule has 5 aromatic rings. The Hall–Kier alpha value is -3.92. The fraction of sp³-hybridized carbons (Fsp3) is 0. The molecule has 0 atom stereocenters. The summed E-state index contributed by atoms with van der Waals surface area (Å²) >= 11 is 0. The van der Waals surface area contributed by atoms with E-state index in [1.165, 1.54) is 0 Å². The third-order valence-electron chi connectivity index (χ3n) is 5.28. The van der Waals surface area contributed by atoms with E-state index in [0.717, 1.165) is 21.5 Å². The maximum Gasteiger partial charge on any atom is 0.336 e. The van der Waals surface area contributed by atoms with E-state index in [9.17, 15) is 19.8 Å². The van der Waals surface area contributed by atoms with Crippen molar-refractivity contribution in [1.29, 1.82) is 0 Å². The molecule has 0 fully saturated rings. The zero-order chi connectivity index (χ0) is 19.4. The Bertz CT molecular complexity index is 1260. The highest BCUT2D eigenvalue weighted by Crippen LogP contribution is 2.37. The topological polar surface area (TPSA) is 74.6 Å². The standard InChI is InChI=1S/C24H14O4/c25-23(26)21-17-9-13-5-1-2-6-14(13)10-18(17)22(24(27)28)20-12-16-8-4-3-7-15(16)11-19(20)21/h1-12H,(H,25,26)(H,27,28).